The lowest BCUT2D eigenvalue weighted by atomic mass is 9.84. The summed E-state index contributed by atoms with van der Waals surface area (Å²) in [5.41, 5.74) is 3.11. The van der Waals surface area contributed by atoms with Crippen molar-refractivity contribution in [3.05, 3.63) is 0 Å². The van der Waals surface area contributed by atoms with Gasteiger partial charge in [-0.15, -0.1) is 0 Å². The summed E-state index contributed by atoms with van der Waals surface area (Å²) in [6.07, 6.45) is 2.50. The minimum absolute atomic E-state index is 0.369. The van der Waals surface area contributed by atoms with Crippen LogP contribution in [-0.4, -0.2) is 30.5 Å². The highest BCUT2D eigenvalue weighted by molar-refractivity contribution is 5.79. The lowest BCUT2D eigenvalue weighted by Gasteiger charge is -2.39. The van der Waals surface area contributed by atoms with Gasteiger partial charge in [0.1, 0.15) is 0 Å². The van der Waals surface area contributed by atoms with E-state index >= 15 is 0 Å². The highest BCUT2D eigenvalue weighted by Crippen LogP contribution is 2.28. The Labute approximate surface area is 99.3 Å². The first kappa shape index (κ1) is 13.3. The molecule has 1 heterocycles. The molecule has 0 aromatic heterocycles. The molecule has 0 spiro atoms. The number of likely N-dealkylation sites (tertiary alicyclic amines) is 1. The third kappa shape index (κ3) is 4.00. The third-order valence-corrected chi connectivity index (χ3v) is 2.94. The SMILES string of the molecule is CC(C)CN=C(NN)N1CCCC(C)(C)C1. The number of rotatable bonds is 2. The van der Waals surface area contributed by atoms with Gasteiger partial charge in [0.2, 0.25) is 5.96 Å². The van der Waals surface area contributed by atoms with Crippen molar-refractivity contribution >= 4 is 5.96 Å². The average molecular weight is 226 g/mol. The minimum Gasteiger partial charge on any atom is -0.341 e. The van der Waals surface area contributed by atoms with Gasteiger partial charge in [-0.05, 0) is 24.2 Å². The van der Waals surface area contributed by atoms with Crippen LogP contribution in [0.5, 0.6) is 0 Å². The number of guanidine groups is 1. The monoisotopic (exact) mass is 226 g/mol. The van der Waals surface area contributed by atoms with E-state index in [0.717, 1.165) is 25.6 Å². The van der Waals surface area contributed by atoms with Gasteiger partial charge in [-0.2, -0.15) is 0 Å². The molecule has 0 saturated carbocycles. The third-order valence-electron chi connectivity index (χ3n) is 2.94. The maximum atomic E-state index is 5.56. The molecule has 1 aliphatic heterocycles. The molecule has 94 valence electrons. The maximum absolute atomic E-state index is 5.56. The number of hydrogen-bond acceptors (Lipinski definition) is 2. The number of aliphatic imine (C=N–C) groups is 1. The summed E-state index contributed by atoms with van der Waals surface area (Å²) in [5.74, 6) is 6.98. The summed E-state index contributed by atoms with van der Waals surface area (Å²) in [6, 6.07) is 0. The highest BCUT2D eigenvalue weighted by Gasteiger charge is 2.27. The average Bonchev–Trinajstić information content (AvgIpc) is 2.16. The molecule has 4 heteroatoms. The van der Waals surface area contributed by atoms with Crippen LogP contribution in [0.1, 0.15) is 40.5 Å². The van der Waals surface area contributed by atoms with Gasteiger partial charge < -0.3 is 4.90 Å². The van der Waals surface area contributed by atoms with Gasteiger partial charge in [-0.25, -0.2) is 5.84 Å². The Bertz CT molecular complexity index is 245. The largest absolute Gasteiger partial charge is 0.341 e. The molecule has 0 aromatic carbocycles. The van der Waals surface area contributed by atoms with Crippen molar-refractivity contribution in [2.24, 2.45) is 22.2 Å². The molecule has 0 radical (unpaired) electrons. The molecule has 1 saturated heterocycles. The Morgan fingerprint density at radius 1 is 1.50 bits per heavy atom. The molecular formula is C12H26N4. The van der Waals surface area contributed by atoms with Gasteiger partial charge >= 0.3 is 0 Å². The minimum atomic E-state index is 0.369. The van der Waals surface area contributed by atoms with Crippen molar-refractivity contribution in [2.75, 3.05) is 19.6 Å². The molecule has 0 aromatic rings. The molecule has 0 amide bonds. The molecular weight excluding hydrogens is 200 g/mol. The molecule has 1 fully saturated rings. The van der Waals surface area contributed by atoms with Crippen molar-refractivity contribution in [1.82, 2.24) is 10.3 Å². The predicted molar refractivity (Wildman–Crippen MR) is 69.1 cm³/mol. The zero-order valence-corrected chi connectivity index (χ0v) is 11.1. The molecule has 1 rings (SSSR count). The van der Waals surface area contributed by atoms with Gasteiger partial charge in [0.15, 0.2) is 0 Å². The van der Waals surface area contributed by atoms with Crippen molar-refractivity contribution in [1.29, 1.82) is 0 Å². The van der Waals surface area contributed by atoms with Crippen LogP contribution >= 0.6 is 0 Å². The van der Waals surface area contributed by atoms with Crippen LogP contribution in [-0.2, 0) is 0 Å². The molecule has 0 unspecified atom stereocenters. The number of nitrogens with one attached hydrogen (secondary N) is 1. The molecule has 1 aliphatic rings. The molecule has 16 heavy (non-hydrogen) atoms. The fourth-order valence-electron chi connectivity index (χ4n) is 2.11. The summed E-state index contributed by atoms with van der Waals surface area (Å²) < 4.78 is 0. The van der Waals surface area contributed by atoms with Crippen molar-refractivity contribution in [2.45, 2.75) is 40.5 Å². The number of nitrogens with two attached hydrogens (primary N) is 1. The lowest BCUT2D eigenvalue weighted by Crippen LogP contribution is -2.51. The zero-order chi connectivity index (χ0) is 12.2. The fraction of sp³-hybridized carbons (Fsp3) is 0.917. The molecule has 4 nitrogen and oxygen atoms in total. The van der Waals surface area contributed by atoms with Gasteiger partial charge in [0.05, 0.1) is 0 Å². The molecule has 3 N–H and O–H groups in total. The first-order chi connectivity index (χ1) is 7.44. The van der Waals surface area contributed by atoms with Crippen molar-refractivity contribution in [3.63, 3.8) is 0 Å². The van der Waals surface area contributed by atoms with Gasteiger partial charge in [0.25, 0.3) is 0 Å². The summed E-state index contributed by atoms with van der Waals surface area (Å²) in [5, 5.41) is 0. The van der Waals surface area contributed by atoms with E-state index in [9.17, 15) is 0 Å². The second kappa shape index (κ2) is 5.53. The fourth-order valence-corrected chi connectivity index (χ4v) is 2.11. The topological polar surface area (TPSA) is 53.6 Å². The Kier molecular flexibility index (Phi) is 4.59. The summed E-state index contributed by atoms with van der Waals surface area (Å²) in [6.45, 7) is 11.9. The normalized spacial score (nSPS) is 21.4. The van der Waals surface area contributed by atoms with Crippen LogP contribution in [0.15, 0.2) is 4.99 Å². The number of hydrazine groups is 1. The molecule has 0 atom stereocenters. The van der Waals surface area contributed by atoms with Crippen LogP contribution in [0.25, 0.3) is 0 Å². The van der Waals surface area contributed by atoms with Gasteiger partial charge in [0, 0.05) is 19.6 Å². The van der Waals surface area contributed by atoms with Gasteiger partial charge in [-0.3, -0.25) is 10.4 Å². The van der Waals surface area contributed by atoms with Gasteiger partial charge in [-0.1, -0.05) is 27.7 Å². The van der Waals surface area contributed by atoms with Crippen LogP contribution in [0.3, 0.4) is 0 Å². The van der Waals surface area contributed by atoms with Crippen molar-refractivity contribution < 1.29 is 0 Å². The lowest BCUT2D eigenvalue weighted by molar-refractivity contribution is 0.174. The van der Waals surface area contributed by atoms with E-state index in [-0.39, 0.29) is 0 Å². The van der Waals surface area contributed by atoms with E-state index in [4.69, 9.17) is 5.84 Å². The van der Waals surface area contributed by atoms with Crippen LogP contribution in [0.4, 0.5) is 0 Å². The zero-order valence-electron chi connectivity index (χ0n) is 11.1. The molecule has 0 bridgehead atoms. The number of hydrogen-bond donors (Lipinski definition) is 2. The van der Waals surface area contributed by atoms with Crippen molar-refractivity contribution in [3.8, 4) is 0 Å². The summed E-state index contributed by atoms with van der Waals surface area (Å²) >= 11 is 0. The van der Waals surface area contributed by atoms with E-state index in [1.165, 1.54) is 12.8 Å². The number of nitrogens with zero attached hydrogens (tertiary/aromatic N) is 2. The quantitative estimate of drug-likeness (QED) is 0.325. The second-order valence-electron chi connectivity index (χ2n) is 5.89. The second-order valence-corrected chi connectivity index (χ2v) is 5.89. The Balaban J connectivity index is 2.62. The first-order valence-electron chi connectivity index (χ1n) is 6.20. The van der Waals surface area contributed by atoms with E-state index in [1.54, 1.807) is 0 Å². The summed E-state index contributed by atoms with van der Waals surface area (Å²) in [7, 11) is 0. The molecule has 0 aliphatic carbocycles. The first-order valence-corrected chi connectivity index (χ1v) is 6.20. The predicted octanol–water partition coefficient (Wildman–Crippen LogP) is 1.58. The summed E-state index contributed by atoms with van der Waals surface area (Å²) in [4.78, 5) is 6.81. The maximum Gasteiger partial charge on any atom is 0.208 e. The number of piperidine rings is 1. The van der Waals surface area contributed by atoms with E-state index in [1.807, 2.05) is 0 Å². The van der Waals surface area contributed by atoms with Crippen LogP contribution < -0.4 is 11.3 Å². The highest BCUT2D eigenvalue weighted by atomic mass is 15.4. The Morgan fingerprint density at radius 3 is 2.69 bits per heavy atom. The smallest absolute Gasteiger partial charge is 0.208 e. The van der Waals surface area contributed by atoms with E-state index in [0.29, 0.717) is 11.3 Å². The van der Waals surface area contributed by atoms with Crippen LogP contribution in [0, 0.1) is 11.3 Å². The van der Waals surface area contributed by atoms with E-state index in [2.05, 4.69) is 43.0 Å². The standard InChI is InChI=1S/C12H26N4/c1-10(2)8-14-11(15-13)16-7-5-6-12(3,4)9-16/h10H,5-9,13H2,1-4H3,(H,14,15). The Morgan fingerprint density at radius 2 is 2.19 bits per heavy atom. The van der Waals surface area contributed by atoms with Crippen LogP contribution in [0.2, 0.25) is 0 Å². The van der Waals surface area contributed by atoms with E-state index < -0.39 is 0 Å². The Hall–Kier alpha value is -0.770.